The summed E-state index contributed by atoms with van der Waals surface area (Å²) >= 11 is 0. The number of fused-ring (bicyclic) bond motifs is 4. The van der Waals surface area contributed by atoms with Gasteiger partial charge in [-0.25, -0.2) is 4.98 Å². The first kappa shape index (κ1) is 24.5. The Kier molecular flexibility index (Phi) is 5.79. The van der Waals surface area contributed by atoms with E-state index in [-0.39, 0.29) is 0 Å². The molecule has 200 valence electrons. The first-order chi connectivity index (χ1) is 20.8. The average molecular weight is 540 g/mol. The van der Waals surface area contributed by atoms with Crippen LogP contribution in [0.15, 0.2) is 121 Å². The summed E-state index contributed by atoms with van der Waals surface area (Å²) in [6.45, 7) is 0. The molecule has 8 rings (SSSR count). The fourth-order valence-electron chi connectivity index (χ4n) is 6.73. The van der Waals surface area contributed by atoms with Crippen LogP contribution in [0.2, 0.25) is 0 Å². The normalized spacial score (nSPS) is 12.8. The number of nitrogens with zero attached hydrogens (tertiary/aromatic N) is 3. The molecule has 0 aliphatic heterocycles. The van der Waals surface area contributed by atoms with E-state index in [2.05, 4.69) is 114 Å². The molecule has 7 aromatic rings. The highest BCUT2D eigenvalue weighted by Gasteiger charge is 2.26. The maximum atomic E-state index is 6.11. The summed E-state index contributed by atoms with van der Waals surface area (Å²) in [5.74, 6) is 0.998. The lowest BCUT2D eigenvalue weighted by molar-refractivity contribution is 0.657. The van der Waals surface area contributed by atoms with Crippen molar-refractivity contribution in [3.63, 3.8) is 0 Å². The van der Waals surface area contributed by atoms with Gasteiger partial charge in [-0.15, -0.1) is 0 Å². The third kappa shape index (κ3) is 3.80. The molecule has 3 heteroatoms. The Morgan fingerprint density at radius 1 is 0.643 bits per heavy atom. The van der Waals surface area contributed by atoms with E-state index in [4.69, 9.17) is 11.4 Å². The Morgan fingerprint density at radius 3 is 1.98 bits per heavy atom. The van der Waals surface area contributed by atoms with E-state index in [1.165, 1.54) is 51.5 Å². The molecule has 0 bridgehead atoms. The number of benzene rings is 6. The fourth-order valence-corrected chi connectivity index (χ4v) is 6.73. The summed E-state index contributed by atoms with van der Waals surface area (Å²) in [7, 11) is 0. The third-order valence-electron chi connectivity index (χ3n) is 8.63. The molecule has 0 radical (unpaired) electrons. The molecule has 0 fully saturated rings. The van der Waals surface area contributed by atoms with Gasteiger partial charge in [-0.05, 0) is 72.2 Å². The highest BCUT2D eigenvalue weighted by molar-refractivity contribution is 6.09. The largest absolute Gasteiger partial charge is 0.295 e. The molecule has 1 aromatic heterocycles. The number of para-hydroxylation sites is 1. The Morgan fingerprint density at radius 2 is 1.26 bits per heavy atom. The van der Waals surface area contributed by atoms with E-state index in [1.54, 1.807) is 0 Å². The molecular formula is C39H29N3. The van der Waals surface area contributed by atoms with Gasteiger partial charge < -0.3 is 0 Å². The first-order valence-corrected chi connectivity index (χ1v) is 14.7. The summed E-state index contributed by atoms with van der Waals surface area (Å²) in [5, 5.41) is 7.20. The molecule has 0 N–H and O–H groups in total. The molecule has 6 aromatic carbocycles. The number of aromatic nitrogens is 2. The van der Waals surface area contributed by atoms with Crippen LogP contribution in [-0.2, 0) is 12.8 Å². The van der Waals surface area contributed by atoms with Gasteiger partial charge in [0.05, 0.1) is 22.8 Å². The van der Waals surface area contributed by atoms with Gasteiger partial charge in [0.25, 0.3) is 0 Å². The Hall–Kier alpha value is -5.33. The van der Waals surface area contributed by atoms with Crippen molar-refractivity contribution in [2.45, 2.75) is 25.7 Å². The quantitative estimate of drug-likeness (QED) is 0.126. The second-order valence-corrected chi connectivity index (χ2v) is 11.0. The average Bonchev–Trinajstić information content (AvgIpc) is 3.43. The van der Waals surface area contributed by atoms with Crippen molar-refractivity contribution in [2.24, 2.45) is 0 Å². The van der Waals surface area contributed by atoms with Gasteiger partial charge >= 0.3 is 0 Å². The minimum atomic E-state index is 0.970. The molecule has 42 heavy (non-hydrogen) atoms. The van der Waals surface area contributed by atoms with Crippen LogP contribution >= 0.6 is 0 Å². The number of imidazole rings is 1. The molecule has 0 saturated carbocycles. The Balaban J connectivity index is 1.45. The van der Waals surface area contributed by atoms with E-state index in [1.807, 2.05) is 23.1 Å². The summed E-state index contributed by atoms with van der Waals surface area (Å²) in [6.07, 6.45) is 10.5. The standard InChI is InChI=1S/C39H29N3/c1-2-41(29-16-4-3-5-17-29)36-25-24-34(32-20-10-11-21-33(32)36)39-40-35-22-12-13-23-37(35)42(39)38-30-18-8-6-14-27(30)26-28-15-7-9-19-31(28)38/h1,3-11,14-21,24-26H,12-13,22-23H2. The lowest BCUT2D eigenvalue weighted by atomic mass is 9.97. The second-order valence-electron chi connectivity index (χ2n) is 11.0. The SMILES string of the molecule is C#CN(c1ccccc1)c1ccc(-c2nc3c(n2-c2c4ccccc4cc4ccccc24)CCCC3)c2ccccc12. The molecule has 1 heterocycles. The molecule has 0 saturated heterocycles. The highest BCUT2D eigenvalue weighted by Crippen LogP contribution is 2.42. The van der Waals surface area contributed by atoms with E-state index in [0.717, 1.165) is 46.4 Å². The predicted octanol–water partition coefficient (Wildman–Crippen LogP) is 9.61. The lowest BCUT2D eigenvalue weighted by Gasteiger charge is -2.22. The molecule has 1 aliphatic rings. The van der Waals surface area contributed by atoms with Crippen molar-refractivity contribution in [1.29, 1.82) is 0 Å². The zero-order valence-electron chi connectivity index (χ0n) is 23.3. The third-order valence-corrected chi connectivity index (χ3v) is 8.63. The minimum Gasteiger partial charge on any atom is -0.295 e. The number of hydrogen-bond donors (Lipinski definition) is 0. The van der Waals surface area contributed by atoms with Crippen LogP contribution in [0.4, 0.5) is 11.4 Å². The summed E-state index contributed by atoms with van der Waals surface area (Å²) in [5.41, 5.74) is 6.85. The van der Waals surface area contributed by atoms with Gasteiger partial charge in [-0.3, -0.25) is 9.47 Å². The second kappa shape index (κ2) is 9.94. The van der Waals surface area contributed by atoms with Crippen molar-refractivity contribution < 1.29 is 0 Å². The number of aryl methyl sites for hydroxylation is 1. The minimum absolute atomic E-state index is 0.970. The van der Waals surface area contributed by atoms with Crippen LogP contribution in [0.25, 0.3) is 49.4 Å². The van der Waals surface area contributed by atoms with Gasteiger partial charge in [0.1, 0.15) is 5.82 Å². The maximum absolute atomic E-state index is 6.11. The van der Waals surface area contributed by atoms with Gasteiger partial charge in [0.15, 0.2) is 0 Å². The topological polar surface area (TPSA) is 21.1 Å². The monoisotopic (exact) mass is 539 g/mol. The van der Waals surface area contributed by atoms with E-state index < -0.39 is 0 Å². The van der Waals surface area contributed by atoms with Crippen molar-refractivity contribution in [1.82, 2.24) is 9.55 Å². The number of hydrogen-bond acceptors (Lipinski definition) is 2. The van der Waals surface area contributed by atoms with Crippen LogP contribution in [0.3, 0.4) is 0 Å². The summed E-state index contributed by atoms with van der Waals surface area (Å²) in [6, 6.07) is 45.8. The predicted molar refractivity (Wildman–Crippen MR) is 176 cm³/mol. The van der Waals surface area contributed by atoms with Crippen LogP contribution in [0.5, 0.6) is 0 Å². The molecular weight excluding hydrogens is 510 g/mol. The molecule has 0 amide bonds. The van der Waals surface area contributed by atoms with Crippen molar-refractivity contribution in [3.05, 3.63) is 133 Å². The van der Waals surface area contributed by atoms with E-state index >= 15 is 0 Å². The summed E-state index contributed by atoms with van der Waals surface area (Å²) < 4.78 is 2.48. The summed E-state index contributed by atoms with van der Waals surface area (Å²) in [4.78, 5) is 7.36. The fraction of sp³-hybridized carbons (Fsp3) is 0.103. The van der Waals surface area contributed by atoms with Crippen molar-refractivity contribution in [2.75, 3.05) is 4.90 Å². The lowest BCUT2D eigenvalue weighted by Crippen LogP contribution is -2.10. The number of rotatable bonds is 4. The Labute approximate surface area is 245 Å². The molecule has 0 spiro atoms. The number of terminal acetylenes is 1. The van der Waals surface area contributed by atoms with Gasteiger partial charge in [0, 0.05) is 33.5 Å². The Bertz CT molecular complexity index is 2110. The van der Waals surface area contributed by atoms with Crippen LogP contribution < -0.4 is 4.90 Å². The van der Waals surface area contributed by atoms with Crippen LogP contribution in [-0.4, -0.2) is 9.55 Å². The van der Waals surface area contributed by atoms with Crippen LogP contribution in [0.1, 0.15) is 24.2 Å². The van der Waals surface area contributed by atoms with Gasteiger partial charge in [-0.1, -0.05) is 97.4 Å². The van der Waals surface area contributed by atoms with Crippen LogP contribution in [0, 0.1) is 12.5 Å². The molecule has 0 atom stereocenters. The van der Waals surface area contributed by atoms with Gasteiger partial charge in [-0.2, -0.15) is 0 Å². The smallest absolute Gasteiger partial charge is 0.145 e. The van der Waals surface area contributed by atoms with E-state index in [0.29, 0.717) is 0 Å². The van der Waals surface area contributed by atoms with Gasteiger partial charge in [0.2, 0.25) is 0 Å². The van der Waals surface area contributed by atoms with E-state index in [9.17, 15) is 0 Å². The zero-order valence-corrected chi connectivity index (χ0v) is 23.3. The molecule has 3 nitrogen and oxygen atoms in total. The number of anilines is 2. The maximum Gasteiger partial charge on any atom is 0.145 e. The van der Waals surface area contributed by atoms with Crippen molar-refractivity contribution in [3.8, 4) is 29.5 Å². The van der Waals surface area contributed by atoms with Crippen molar-refractivity contribution >= 4 is 43.7 Å². The molecule has 0 unspecified atom stereocenters. The highest BCUT2D eigenvalue weighted by atomic mass is 15.1. The molecule has 1 aliphatic carbocycles. The first-order valence-electron chi connectivity index (χ1n) is 14.7. The zero-order chi connectivity index (χ0) is 28.0.